The number of aryl methyl sites for hydroxylation is 2. The molecular formula is C11H13N7S2. The number of fused-ring (bicyclic) bond motifs is 1. The van der Waals surface area contributed by atoms with Crippen molar-refractivity contribution in [3.8, 4) is 0 Å². The second-order valence-corrected chi connectivity index (χ2v) is 6.34. The van der Waals surface area contributed by atoms with E-state index in [4.69, 9.17) is 0 Å². The first-order valence-corrected chi connectivity index (χ1v) is 7.73. The van der Waals surface area contributed by atoms with E-state index in [1.165, 1.54) is 16.6 Å². The summed E-state index contributed by atoms with van der Waals surface area (Å²) in [7, 11) is 1.81. The highest BCUT2D eigenvalue weighted by Crippen LogP contribution is 2.34. The molecule has 20 heavy (non-hydrogen) atoms. The predicted molar refractivity (Wildman–Crippen MR) is 79.2 cm³/mol. The van der Waals surface area contributed by atoms with Gasteiger partial charge in [-0.25, -0.2) is 14.6 Å². The largest absolute Gasteiger partial charge is 0.354 e. The van der Waals surface area contributed by atoms with Crippen molar-refractivity contribution in [3.05, 3.63) is 10.9 Å². The van der Waals surface area contributed by atoms with Gasteiger partial charge in [-0.15, -0.1) is 16.4 Å². The van der Waals surface area contributed by atoms with Crippen LogP contribution in [0.3, 0.4) is 0 Å². The van der Waals surface area contributed by atoms with E-state index in [0.29, 0.717) is 11.1 Å². The van der Waals surface area contributed by atoms with Gasteiger partial charge < -0.3 is 5.32 Å². The molecule has 0 bridgehead atoms. The van der Waals surface area contributed by atoms with Crippen molar-refractivity contribution in [3.63, 3.8) is 0 Å². The molecule has 0 fully saturated rings. The van der Waals surface area contributed by atoms with Crippen molar-refractivity contribution in [2.75, 3.05) is 11.9 Å². The molecule has 0 aromatic carbocycles. The third kappa shape index (κ3) is 2.46. The fourth-order valence-electron chi connectivity index (χ4n) is 1.72. The molecule has 3 heterocycles. The minimum absolute atomic E-state index is 0.638. The van der Waals surface area contributed by atoms with Crippen LogP contribution in [0.4, 0.5) is 5.95 Å². The van der Waals surface area contributed by atoms with Gasteiger partial charge in [0.2, 0.25) is 11.1 Å². The Morgan fingerprint density at radius 3 is 2.95 bits per heavy atom. The summed E-state index contributed by atoms with van der Waals surface area (Å²) in [6, 6.07) is 2.10. The number of hydrogen-bond acceptors (Lipinski definition) is 8. The number of hydrogen-bond donors (Lipinski definition) is 1. The highest BCUT2D eigenvalue weighted by atomic mass is 32.2. The number of tetrazole rings is 1. The van der Waals surface area contributed by atoms with Gasteiger partial charge in [-0.3, -0.25) is 0 Å². The van der Waals surface area contributed by atoms with Crippen LogP contribution in [-0.2, 0) is 7.05 Å². The zero-order chi connectivity index (χ0) is 14.1. The third-order valence-corrected chi connectivity index (χ3v) is 4.56. The fraction of sp³-hybridized carbons (Fsp3) is 0.364. The van der Waals surface area contributed by atoms with Crippen molar-refractivity contribution >= 4 is 39.3 Å². The molecule has 104 valence electrons. The first kappa shape index (κ1) is 13.3. The Hall–Kier alpha value is -1.74. The zero-order valence-electron chi connectivity index (χ0n) is 11.3. The average molecular weight is 307 g/mol. The van der Waals surface area contributed by atoms with E-state index in [-0.39, 0.29) is 0 Å². The highest BCUT2D eigenvalue weighted by molar-refractivity contribution is 7.99. The molecule has 3 aromatic heterocycles. The fourth-order valence-corrected chi connectivity index (χ4v) is 3.49. The molecule has 0 spiro atoms. The molecule has 9 heteroatoms. The van der Waals surface area contributed by atoms with Crippen molar-refractivity contribution in [2.45, 2.75) is 24.0 Å². The van der Waals surface area contributed by atoms with Gasteiger partial charge in [0.1, 0.15) is 9.86 Å². The first-order chi connectivity index (χ1) is 9.67. The summed E-state index contributed by atoms with van der Waals surface area (Å²) >= 11 is 3.11. The van der Waals surface area contributed by atoms with Gasteiger partial charge in [0.25, 0.3) is 0 Å². The molecule has 0 unspecified atom stereocenters. The minimum atomic E-state index is 0.638. The molecule has 3 rings (SSSR count). The molecule has 1 N–H and O–H groups in total. The van der Waals surface area contributed by atoms with Crippen LogP contribution in [0.1, 0.15) is 11.8 Å². The topological polar surface area (TPSA) is 81.4 Å². The number of thiophene rings is 1. The third-order valence-electron chi connectivity index (χ3n) is 2.59. The van der Waals surface area contributed by atoms with Crippen LogP contribution >= 0.6 is 23.1 Å². The minimum Gasteiger partial charge on any atom is -0.354 e. The smallest absolute Gasteiger partial charge is 0.225 e. The lowest BCUT2D eigenvalue weighted by Gasteiger charge is -2.05. The summed E-state index contributed by atoms with van der Waals surface area (Å²) in [6.07, 6.45) is 0. The van der Waals surface area contributed by atoms with Crippen LogP contribution < -0.4 is 5.32 Å². The maximum atomic E-state index is 4.56. The van der Waals surface area contributed by atoms with Crippen molar-refractivity contribution in [2.24, 2.45) is 7.05 Å². The SMILES string of the molecule is CCNc1nc(Sc2nnnn2C)c2cc(C)sc2n1. The highest BCUT2D eigenvalue weighted by Gasteiger charge is 2.14. The van der Waals surface area contributed by atoms with Crippen LogP contribution in [0.2, 0.25) is 0 Å². The summed E-state index contributed by atoms with van der Waals surface area (Å²) in [5.74, 6) is 0.638. The monoisotopic (exact) mass is 307 g/mol. The molecule has 0 radical (unpaired) electrons. The van der Waals surface area contributed by atoms with E-state index in [2.05, 4.69) is 43.8 Å². The summed E-state index contributed by atoms with van der Waals surface area (Å²) < 4.78 is 1.63. The number of aromatic nitrogens is 6. The molecule has 0 atom stereocenters. The van der Waals surface area contributed by atoms with E-state index in [1.807, 2.05) is 14.0 Å². The molecule has 7 nitrogen and oxygen atoms in total. The second kappa shape index (κ2) is 5.33. The Labute approximate surface area is 123 Å². The maximum Gasteiger partial charge on any atom is 0.225 e. The standard InChI is InChI=1S/C11H13N7S2/c1-4-12-10-13-8-7(5-6(2)19-8)9(14-10)20-11-15-16-17-18(11)3/h5H,4H2,1-3H3,(H,12,13,14). The normalized spacial score (nSPS) is 11.2. The van der Waals surface area contributed by atoms with Gasteiger partial charge in [0, 0.05) is 23.9 Å². The lowest BCUT2D eigenvalue weighted by Crippen LogP contribution is -2.02. The Kier molecular flexibility index (Phi) is 3.53. The lowest BCUT2D eigenvalue weighted by molar-refractivity contribution is 0.664. The van der Waals surface area contributed by atoms with Crippen LogP contribution in [0.15, 0.2) is 16.2 Å². The van der Waals surface area contributed by atoms with Gasteiger partial charge in [0.15, 0.2) is 0 Å². The molecule has 3 aromatic rings. The molecule has 0 aliphatic carbocycles. The van der Waals surface area contributed by atoms with Gasteiger partial charge in [-0.05, 0) is 42.1 Å². The number of anilines is 1. The number of rotatable bonds is 4. The number of nitrogens with zero attached hydrogens (tertiary/aromatic N) is 6. The van der Waals surface area contributed by atoms with Crippen LogP contribution in [-0.4, -0.2) is 36.7 Å². The Morgan fingerprint density at radius 1 is 1.40 bits per heavy atom. The summed E-state index contributed by atoms with van der Waals surface area (Å²) in [6.45, 7) is 4.87. The average Bonchev–Trinajstić information content (AvgIpc) is 2.96. The molecule has 0 amide bonds. The molecule has 0 aliphatic heterocycles. The Morgan fingerprint density at radius 2 is 2.25 bits per heavy atom. The predicted octanol–water partition coefficient (Wildman–Crippen LogP) is 2.11. The molecule has 0 aliphatic rings. The van der Waals surface area contributed by atoms with Gasteiger partial charge in [-0.2, -0.15) is 0 Å². The van der Waals surface area contributed by atoms with E-state index < -0.39 is 0 Å². The first-order valence-electron chi connectivity index (χ1n) is 6.09. The van der Waals surface area contributed by atoms with E-state index in [9.17, 15) is 0 Å². The number of nitrogens with one attached hydrogen (secondary N) is 1. The van der Waals surface area contributed by atoms with Crippen LogP contribution in [0.25, 0.3) is 10.2 Å². The molecular weight excluding hydrogens is 294 g/mol. The summed E-state index contributed by atoms with van der Waals surface area (Å²) in [5.41, 5.74) is 0. The molecule has 0 saturated carbocycles. The quantitative estimate of drug-likeness (QED) is 0.739. The van der Waals surface area contributed by atoms with E-state index >= 15 is 0 Å². The zero-order valence-corrected chi connectivity index (χ0v) is 12.9. The maximum absolute atomic E-state index is 4.56. The summed E-state index contributed by atoms with van der Waals surface area (Å²) in [4.78, 5) is 11.3. The second-order valence-electron chi connectivity index (χ2n) is 4.15. The van der Waals surface area contributed by atoms with Gasteiger partial charge in [-0.1, -0.05) is 0 Å². The summed E-state index contributed by atoms with van der Waals surface area (Å²) in [5, 5.41) is 17.2. The van der Waals surface area contributed by atoms with Crippen LogP contribution in [0.5, 0.6) is 0 Å². The van der Waals surface area contributed by atoms with E-state index in [0.717, 1.165) is 21.8 Å². The van der Waals surface area contributed by atoms with Crippen molar-refractivity contribution < 1.29 is 0 Å². The van der Waals surface area contributed by atoms with Crippen molar-refractivity contribution in [1.29, 1.82) is 0 Å². The van der Waals surface area contributed by atoms with Gasteiger partial charge in [0.05, 0.1) is 0 Å². The van der Waals surface area contributed by atoms with Gasteiger partial charge >= 0.3 is 0 Å². The van der Waals surface area contributed by atoms with Crippen molar-refractivity contribution in [1.82, 2.24) is 30.2 Å². The van der Waals surface area contributed by atoms with E-state index in [1.54, 1.807) is 16.0 Å². The van der Waals surface area contributed by atoms with Crippen LogP contribution in [0, 0.1) is 6.92 Å². The Balaban J connectivity index is 2.09. The lowest BCUT2D eigenvalue weighted by atomic mass is 10.4. The Bertz CT molecular complexity index is 748. The molecule has 0 saturated heterocycles.